The smallest absolute Gasteiger partial charge is 0.220 e. The average molecular weight is 380 g/mol. The molecule has 6 rings (SSSR count). The number of nitrogens with one attached hydrogen (secondary N) is 1. The van der Waals surface area contributed by atoms with E-state index in [1.807, 2.05) is 30.3 Å². The predicted octanol–water partition coefficient (Wildman–Crippen LogP) is 4.57. The van der Waals surface area contributed by atoms with E-state index >= 15 is 0 Å². The Morgan fingerprint density at radius 1 is 1.18 bits per heavy atom. The molecule has 1 aromatic carbocycles. The van der Waals surface area contributed by atoms with Crippen LogP contribution in [-0.2, 0) is 11.3 Å². The van der Waals surface area contributed by atoms with Gasteiger partial charge in [-0.2, -0.15) is 0 Å². The third-order valence-electron chi connectivity index (χ3n) is 7.08. The minimum Gasteiger partial charge on any atom is -0.497 e. The quantitative estimate of drug-likeness (QED) is 0.797. The van der Waals surface area contributed by atoms with E-state index in [4.69, 9.17) is 9.26 Å². The number of hydrogen-bond donors (Lipinski definition) is 1. The number of nitrogens with zero attached hydrogens (tertiary/aromatic N) is 1. The standard InChI is InChI=1S/C23H28N2O3/c1-27-20-4-2-3-18(8-20)21-9-19(25-28-21)14-24-22(26)13-23-10-15-5-16(11-23)7-17(6-15)12-23/h2-4,8-9,15-17H,5-7,10-14H2,1H3,(H,24,26). The molecular weight excluding hydrogens is 352 g/mol. The monoisotopic (exact) mass is 380 g/mol. The van der Waals surface area contributed by atoms with Gasteiger partial charge < -0.3 is 14.6 Å². The maximum absolute atomic E-state index is 12.7. The third-order valence-corrected chi connectivity index (χ3v) is 7.08. The molecule has 0 aliphatic heterocycles. The first-order valence-corrected chi connectivity index (χ1v) is 10.5. The third kappa shape index (κ3) is 3.43. The van der Waals surface area contributed by atoms with Gasteiger partial charge in [-0.1, -0.05) is 17.3 Å². The highest BCUT2D eigenvalue weighted by molar-refractivity contribution is 5.76. The first-order chi connectivity index (χ1) is 13.6. The Balaban J connectivity index is 1.19. The van der Waals surface area contributed by atoms with Crippen molar-refractivity contribution in [2.24, 2.45) is 23.2 Å². The van der Waals surface area contributed by atoms with Gasteiger partial charge in [0.2, 0.25) is 5.91 Å². The summed E-state index contributed by atoms with van der Waals surface area (Å²) in [5, 5.41) is 7.19. The molecule has 0 saturated heterocycles. The van der Waals surface area contributed by atoms with Crippen molar-refractivity contribution in [2.45, 2.75) is 51.5 Å². The van der Waals surface area contributed by atoms with E-state index in [1.165, 1.54) is 38.5 Å². The van der Waals surface area contributed by atoms with Crippen molar-refractivity contribution in [3.8, 4) is 17.1 Å². The Kier molecular flexibility index (Phi) is 4.41. The summed E-state index contributed by atoms with van der Waals surface area (Å²) in [7, 11) is 1.64. The van der Waals surface area contributed by atoms with Crippen molar-refractivity contribution in [3.05, 3.63) is 36.0 Å². The van der Waals surface area contributed by atoms with E-state index in [-0.39, 0.29) is 11.3 Å². The largest absolute Gasteiger partial charge is 0.497 e. The first-order valence-electron chi connectivity index (χ1n) is 10.5. The summed E-state index contributed by atoms with van der Waals surface area (Å²) < 4.78 is 10.7. The van der Waals surface area contributed by atoms with E-state index in [1.54, 1.807) is 7.11 Å². The van der Waals surface area contributed by atoms with Gasteiger partial charge in [0.25, 0.3) is 0 Å². The van der Waals surface area contributed by atoms with Crippen LogP contribution in [0.3, 0.4) is 0 Å². The number of ether oxygens (including phenoxy) is 1. The molecule has 148 valence electrons. The molecule has 28 heavy (non-hydrogen) atoms. The normalized spacial score (nSPS) is 30.4. The van der Waals surface area contributed by atoms with Crippen molar-refractivity contribution in [3.63, 3.8) is 0 Å². The topological polar surface area (TPSA) is 64.4 Å². The maximum Gasteiger partial charge on any atom is 0.220 e. The Labute approximate surface area is 165 Å². The van der Waals surface area contributed by atoms with E-state index in [9.17, 15) is 4.79 Å². The van der Waals surface area contributed by atoms with Gasteiger partial charge in [-0.05, 0) is 73.8 Å². The molecule has 4 fully saturated rings. The lowest BCUT2D eigenvalue weighted by molar-refractivity contribution is -0.129. The molecular formula is C23H28N2O3. The SMILES string of the molecule is COc1cccc(-c2cc(CNC(=O)CC34CC5CC(CC(C5)C3)C4)no2)c1. The summed E-state index contributed by atoms with van der Waals surface area (Å²) in [6.45, 7) is 0.415. The van der Waals surface area contributed by atoms with Crippen molar-refractivity contribution < 1.29 is 14.1 Å². The summed E-state index contributed by atoms with van der Waals surface area (Å²) in [4.78, 5) is 12.7. The predicted molar refractivity (Wildman–Crippen MR) is 106 cm³/mol. The van der Waals surface area contributed by atoms with Gasteiger partial charge in [-0.3, -0.25) is 4.79 Å². The lowest BCUT2D eigenvalue weighted by atomic mass is 9.49. The van der Waals surface area contributed by atoms with Crippen molar-refractivity contribution in [2.75, 3.05) is 7.11 Å². The van der Waals surface area contributed by atoms with E-state index < -0.39 is 0 Å². The lowest BCUT2D eigenvalue weighted by Gasteiger charge is -2.56. The second kappa shape index (κ2) is 6.94. The Morgan fingerprint density at radius 2 is 1.89 bits per heavy atom. The molecule has 0 radical (unpaired) electrons. The fourth-order valence-corrected chi connectivity index (χ4v) is 6.41. The maximum atomic E-state index is 12.7. The number of hydrogen-bond acceptors (Lipinski definition) is 4. The molecule has 4 saturated carbocycles. The van der Waals surface area contributed by atoms with Crippen LogP contribution in [0.25, 0.3) is 11.3 Å². The number of rotatable bonds is 6. The molecule has 4 aliphatic rings. The molecule has 1 heterocycles. The van der Waals surface area contributed by atoms with Gasteiger partial charge in [-0.25, -0.2) is 0 Å². The molecule has 0 atom stereocenters. The Bertz CT molecular complexity index is 837. The van der Waals surface area contributed by atoms with Crippen LogP contribution in [0.15, 0.2) is 34.9 Å². The van der Waals surface area contributed by atoms with Crippen LogP contribution in [0, 0.1) is 23.2 Å². The first kappa shape index (κ1) is 17.8. The average Bonchev–Trinajstić information content (AvgIpc) is 3.14. The highest BCUT2D eigenvalue weighted by Crippen LogP contribution is 2.61. The van der Waals surface area contributed by atoms with E-state index in [2.05, 4.69) is 10.5 Å². The second-order valence-corrected chi connectivity index (χ2v) is 9.29. The highest BCUT2D eigenvalue weighted by atomic mass is 16.5. The highest BCUT2D eigenvalue weighted by Gasteiger charge is 2.51. The molecule has 5 nitrogen and oxygen atoms in total. The molecule has 4 aliphatic carbocycles. The van der Waals surface area contributed by atoms with Gasteiger partial charge in [0.15, 0.2) is 5.76 Å². The number of carbonyl (C=O) groups excluding carboxylic acids is 1. The van der Waals surface area contributed by atoms with Gasteiger partial charge in [0, 0.05) is 18.1 Å². The van der Waals surface area contributed by atoms with Crippen LogP contribution in [-0.4, -0.2) is 18.2 Å². The molecule has 4 bridgehead atoms. The molecule has 0 spiro atoms. The summed E-state index contributed by atoms with van der Waals surface area (Å²) in [5.41, 5.74) is 1.93. The zero-order chi connectivity index (χ0) is 19.1. The fourth-order valence-electron chi connectivity index (χ4n) is 6.41. The number of methoxy groups -OCH3 is 1. The van der Waals surface area contributed by atoms with Crippen LogP contribution in [0.1, 0.15) is 50.6 Å². The molecule has 1 aromatic heterocycles. The number of aromatic nitrogens is 1. The minimum atomic E-state index is 0.160. The molecule has 0 unspecified atom stereocenters. The Hall–Kier alpha value is -2.30. The van der Waals surface area contributed by atoms with Gasteiger partial charge in [0.05, 0.1) is 13.7 Å². The summed E-state index contributed by atoms with van der Waals surface area (Å²) in [5.74, 6) is 4.25. The van der Waals surface area contributed by atoms with Crippen LogP contribution in [0.5, 0.6) is 5.75 Å². The number of carbonyl (C=O) groups is 1. The molecule has 5 heteroatoms. The van der Waals surface area contributed by atoms with Gasteiger partial charge in [0.1, 0.15) is 11.4 Å². The van der Waals surface area contributed by atoms with Crippen LogP contribution >= 0.6 is 0 Å². The van der Waals surface area contributed by atoms with Crippen molar-refractivity contribution >= 4 is 5.91 Å². The zero-order valence-corrected chi connectivity index (χ0v) is 16.4. The zero-order valence-electron chi connectivity index (χ0n) is 16.4. The number of benzene rings is 1. The van der Waals surface area contributed by atoms with E-state index in [0.29, 0.717) is 18.7 Å². The summed E-state index contributed by atoms with van der Waals surface area (Å²) >= 11 is 0. The molecule has 2 aromatic rings. The van der Waals surface area contributed by atoms with Crippen molar-refractivity contribution in [1.29, 1.82) is 0 Å². The fraction of sp³-hybridized carbons (Fsp3) is 0.565. The summed E-state index contributed by atoms with van der Waals surface area (Å²) in [6.07, 6.45) is 8.69. The number of amides is 1. The summed E-state index contributed by atoms with van der Waals surface area (Å²) in [6, 6.07) is 9.57. The van der Waals surface area contributed by atoms with Crippen molar-refractivity contribution in [1.82, 2.24) is 10.5 Å². The second-order valence-electron chi connectivity index (χ2n) is 9.29. The van der Waals surface area contributed by atoms with E-state index in [0.717, 1.165) is 34.8 Å². The lowest BCUT2D eigenvalue weighted by Crippen LogP contribution is -2.47. The van der Waals surface area contributed by atoms with Gasteiger partial charge in [-0.15, -0.1) is 0 Å². The van der Waals surface area contributed by atoms with Crippen LogP contribution in [0.4, 0.5) is 0 Å². The van der Waals surface area contributed by atoms with Crippen LogP contribution in [0.2, 0.25) is 0 Å². The molecule has 1 N–H and O–H groups in total. The van der Waals surface area contributed by atoms with Crippen LogP contribution < -0.4 is 10.1 Å². The Morgan fingerprint density at radius 3 is 2.57 bits per heavy atom. The minimum absolute atomic E-state index is 0.160. The van der Waals surface area contributed by atoms with Gasteiger partial charge >= 0.3 is 0 Å². The molecule has 1 amide bonds.